The summed E-state index contributed by atoms with van der Waals surface area (Å²) in [6.45, 7) is 1.43. The molecule has 2 rings (SSSR count). The average molecular weight is 378 g/mol. The molecule has 0 amide bonds. The quantitative estimate of drug-likeness (QED) is 0.430. The molecule has 1 fully saturated rings. The molecule has 24 heavy (non-hydrogen) atoms. The summed E-state index contributed by atoms with van der Waals surface area (Å²) in [6, 6.07) is -0.0282. The van der Waals surface area contributed by atoms with E-state index in [-0.39, 0.29) is 24.9 Å². The number of phosphoric acid groups is 1. The first-order chi connectivity index (χ1) is 11.2. The Kier molecular flexibility index (Phi) is 6.24. The van der Waals surface area contributed by atoms with Crippen molar-refractivity contribution in [3.05, 3.63) is 23.0 Å². The number of carbonyl (C=O) groups is 1. The predicted octanol–water partition coefficient (Wildman–Crippen LogP) is 0.753. The van der Waals surface area contributed by atoms with Gasteiger partial charge in [0.1, 0.15) is 11.0 Å². The van der Waals surface area contributed by atoms with E-state index >= 15 is 0 Å². The van der Waals surface area contributed by atoms with Crippen LogP contribution in [-0.2, 0) is 27.0 Å². The number of nitrogens with one attached hydrogen (secondary N) is 1. The van der Waals surface area contributed by atoms with Crippen LogP contribution in [0.15, 0.2) is 6.20 Å². The van der Waals surface area contributed by atoms with Crippen LogP contribution < -0.4 is 5.32 Å². The summed E-state index contributed by atoms with van der Waals surface area (Å²) in [5, 5.41) is 21.9. The number of pyridine rings is 1. The Morgan fingerprint density at radius 2 is 2.25 bits per heavy atom. The van der Waals surface area contributed by atoms with Crippen LogP contribution >= 0.6 is 19.6 Å². The summed E-state index contributed by atoms with van der Waals surface area (Å²) in [5.41, 5.74) is 1.17. The number of carboxylic acid groups (broad SMARTS) is 1. The first-order valence-corrected chi connectivity index (χ1v) is 9.69. The highest BCUT2D eigenvalue weighted by Gasteiger charge is 2.30. The second kappa shape index (κ2) is 7.81. The summed E-state index contributed by atoms with van der Waals surface area (Å²) in [5.74, 6) is -0.284. The van der Waals surface area contributed by atoms with Crippen molar-refractivity contribution in [2.45, 2.75) is 37.8 Å². The van der Waals surface area contributed by atoms with E-state index in [1.54, 1.807) is 6.92 Å². The van der Waals surface area contributed by atoms with Crippen molar-refractivity contribution in [1.82, 2.24) is 10.3 Å². The Balaban J connectivity index is 2.06. The van der Waals surface area contributed by atoms with Gasteiger partial charge in [0.05, 0.1) is 12.3 Å². The standard InChI is InChI=1S/C13H19N2O7PS/c1-7-12(16)10(8(3-14-7)5-22-23(19,20)21)4-15-9-2-11(13(17)18)24-6-9/h3,9,11,15-16H,2,4-6H2,1H3,(H,17,18)(H2,19,20,21)/t9?,11-/m0/s1. The van der Waals surface area contributed by atoms with Gasteiger partial charge in [-0.2, -0.15) is 0 Å². The van der Waals surface area contributed by atoms with Crippen LogP contribution in [0, 0.1) is 6.92 Å². The van der Waals surface area contributed by atoms with Crippen molar-refractivity contribution in [3.63, 3.8) is 0 Å². The van der Waals surface area contributed by atoms with Gasteiger partial charge in [-0.15, -0.1) is 11.8 Å². The Bertz CT molecular complexity index is 666. The van der Waals surface area contributed by atoms with Gasteiger partial charge in [0.15, 0.2) is 0 Å². The van der Waals surface area contributed by atoms with E-state index in [4.69, 9.17) is 14.9 Å². The lowest BCUT2D eigenvalue weighted by atomic mass is 10.1. The Hall–Kier alpha value is -1.16. The molecule has 0 saturated carbocycles. The normalized spacial score (nSPS) is 21.1. The maximum atomic E-state index is 11.0. The molecule has 2 atom stereocenters. The van der Waals surface area contributed by atoms with Gasteiger partial charge in [-0.1, -0.05) is 0 Å². The zero-order valence-corrected chi connectivity index (χ0v) is 14.6. The minimum absolute atomic E-state index is 0.0282. The zero-order valence-electron chi connectivity index (χ0n) is 12.9. The lowest BCUT2D eigenvalue weighted by Crippen LogP contribution is -2.30. The van der Waals surface area contributed by atoms with Gasteiger partial charge in [-0.05, 0) is 13.3 Å². The van der Waals surface area contributed by atoms with E-state index in [0.717, 1.165) is 0 Å². The third kappa shape index (κ3) is 5.17. The van der Waals surface area contributed by atoms with E-state index in [9.17, 15) is 14.5 Å². The molecule has 1 aliphatic rings. The van der Waals surface area contributed by atoms with Crippen LogP contribution in [0.2, 0.25) is 0 Å². The number of carboxylic acids is 1. The van der Waals surface area contributed by atoms with E-state index in [1.807, 2.05) is 0 Å². The molecule has 1 saturated heterocycles. The third-order valence-corrected chi connectivity index (χ3v) is 5.52. The highest BCUT2D eigenvalue weighted by molar-refractivity contribution is 8.00. The number of hydrogen-bond donors (Lipinski definition) is 5. The van der Waals surface area contributed by atoms with Crippen LogP contribution in [-0.4, -0.2) is 48.0 Å². The van der Waals surface area contributed by atoms with Crippen LogP contribution in [0.4, 0.5) is 0 Å². The minimum atomic E-state index is -4.64. The second-order valence-electron chi connectivity index (χ2n) is 5.43. The number of hydrogen-bond acceptors (Lipinski definition) is 7. The summed E-state index contributed by atoms with van der Waals surface area (Å²) in [4.78, 5) is 32.5. The largest absolute Gasteiger partial charge is 0.506 e. The van der Waals surface area contributed by atoms with Crippen LogP contribution in [0.3, 0.4) is 0 Å². The number of rotatable bonds is 7. The van der Waals surface area contributed by atoms with E-state index in [1.165, 1.54) is 18.0 Å². The molecule has 0 aromatic carbocycles. The minimum Gasteiger partial charge on any atom is -0.506 e. The molecule has 134 valence electrons. The summed E-state index contributed by atoms with van der Waals surface area (Å²) in [6.07, 6.45) is 1.87. The maximum Gasteiger partial charge on any atom is 0.469 e. The van der Waals surface area contributed by atoms with Crippen molar-refractivity contribution in [2.75, 3.05) is 5.75 Å². The number of thioether (sulfide) groups is 1. The second-order valence-corrected chi connectivity index (χ2v) is 7.91. The number of aromatic hydroxyl groups is 1. The molecular formula is C13H19N2O7PS. The molecule has 5 N–H and O–H groups in total. The van der Waals surface area contributed by atoms with E-state index in [0.29, 0.717) is 29.0 Å². The smallest absolute Gasteiger partial charge is 0.469 e. The van der Waals surface area contributed by atoms with Crippen molar-refractivity contribution in [1.29, 1.82) is 0 Å². The van der Waals surface area contributed by atoms with Crippen molar-refractivity contribution >= 4 is 25.6 Å². The van der Waals surface area contributed by atoms with Gasteiger partial charge in [0.2, 0.25) is 0 Å². The fraction of sp³-hybridized carbons (Fsp3) is 0.538. The monoisotopic (exact) mass is 378 g/mol. The highest BCUT2D eigenvalue weighted by atomic mass is 32.2. The molecule has 0 radical (unpaired) electrons. The fourth-order valence-corrected chi connectivity index (χ4v) is 3.88. The third-order valence-electron chi connectivity index (χ3n) is 3.66. The molecule has 1 aromatic heterocycles. The highest BCUT2D eigenvalue weighted by Crippen LogP contribution is 2.38. The molecule has 2 heterocycles. The van der Waals surface area contributed by atoms with Crippen molar-refractivity contribution in [3.8, 4) is 5.75 Å². The number of phosphoric ester groups is 1. The van der Waals surface area contributed by atoms with Crippen LogP contribution in [0.1, 0.15) is 23.2 Å². The van der Waals surface area contributed by atoms with Crippen molar-refractivity contribution in [2.24, 2.45) is 0 Å². The Morgan fingerprint density at radius 3 is 2.83 bits per heavy atom. The first kappa shape index (κ1) is 19.2. The van der Waals surface area contributed by atoms with Crippen LogP contribution in [0.5, 0.6) is 5.75 Å². The Labute approximate surface area is 142 Å². The molecule has 0 bridgehead atoms. The maximum absolute atomic E-state index is 11.0. The summed E-state index contributed by atoms with van der Waals surface area (Å²) >= 11 is 1.35. The summed E-state index contributed by atoms with van der Waals surface area (Å²) < 4.78 is 15.3. The predicted molar refractivity (Wildman–Crippen MR) is 86.6 cm³/mol. The molecule has 9 nitrogen and oxygen atoms in total. The molecule has 1 aliphatic heterocycles. The average Bonchev–Trinajstić information content (AvgIpc) is 2.95. The van der Waals surface area contributed by atoms with Gasteiger partial charge in [-0.3, -0.25) is 14.3 Å². The SMILES string of the molecule is Cc1ncc(COP(=O)(O)O)c(CNC2CS[C@H](C(=O)O)C2)c1O. The number of aryl methyl sites for hydroxylation is 1. The first-order valence-electron chi connectivity index (χ1n) is 7.11. The van der Waals surface area contributed by atoms with Gasteiger partial charge in [0.25, 0.3) is 0 Å². The van der Waals surface area contributed by atoms with E-state index < -0.39 is 19.0 Å². The lowest BCUT2D eigenvalue weighted by Gasteiger charge is -2.17. The molecule has 11 heteroatoms. The number of nitrogens with zero attached hydrogens (tertiary/aromatic N) is 1. The topological polar surface area (TPSA) is 149 Å². The van der Waals surface area contributed by atoms with Gasteiger partial charge in [-0.25, -0.2) is 4.57 Å². The van der Waals surface area contributed by atoms with Gasteiger partial charge < -0.3 is 25.3 Å². The fourth-order valence-electron chi connectivity index (χ4n) is 2.35. The molecule has 0 aliphatic carbocycles. The molecule has 1 aromatic rings. The molecule has 1 unspecified atom stereocenters. The van der Waals surface area contributed by atoms with Crippen molar-refractivity contribution < 1.29 is 33.9 Å². The van der Waals surface area contributed by atoms with Gasteiger partial charge in [0, 0.05) is 35.7 Å². The van der Waals surface area contributed by atoms with E-state index in [2.05, 4.69) is 14.8 Å². The number of aromatic nitrogens is 1. The lowest BCUT2D eigenvalue weighted by molar-refractivity contribution is -0.136. The molecule has 0 spiro atoms. The summed E-state index contributed by atoms with van der Waals surface area (Å²) in [7, 11) is -4.64. The van der Waals surface area contributed by atoms with Crippen LogP contribution in [0.25, 0.3) is 0 Å². The van der Waals surface area contributed by atoms with Gasteiger partial charge >= 0.3 is 13.8 Å². The number of aliphatic carboxylic acids is 1. The molecular weight excluding hydrogens is 359 g/mol. The zero-order chi connectivity index (χ0) is 17.9. The Morgan fingerprint density at radius 1 is 1.54 bits per heavy atom.